The van der Waals surface area contributed by atoms with Crippen molar-refractivity contribution >= 4 is 44.0 Å². The zero-order chi connectivity index (χ0) is 22.3. The number of rotatable bonds is 4. The van der Waals surface area contributed by atoms with Crippen LogP contribution >= 0.6 is 11.8 Å². The molecule has 2 aliphatic heterocycles. The Bertz CT molecular complexity index is 1170. The minimum absolute atomic E-state index is 0.0673. The van der Waals surface area contributed by atoms with E-state index < -0.39 is 9.84 Å². The fourth-order valence-electron chi connectivity index (χ4n) is 4.16. The molecule has 2 aliphatic rings. The van der Waals surface area contributed by atoms with Crippen LogP contribution in [0.5, 0.6) is 0 Å². The predicted octanol–water partition coefficient (Wildman–Crippen LogP) is 3.63. The Morgan fingerprint density at radius 1 is 1.06 bits per heavy atom. The fraction of sp³-hybridized carbons (Fsp3) is 0.391. The van der Waals surface area contributed by atoms with E-state index in [1.165, 1.54) is 11.8 Å². The number of aliphatic imine (C=N–C) groups is 1. The molecule has 0 spiro atoms. The number of carbonyl (C=O) groups is 1. The van der Waals surface area contributed by atoms with Crippen LogP contribution in [-0.4, -0.2) is 48.8 Å². The van der Waals surface area contributed by atoms with Gasteiger partial charge in [0.15, 0.2) is 15.0 Å². The average molecular weight is 458 g/mol. The summed E-state index contributed by atoms with van der Waals surface area (Å²) in [5.41, 5.74) is 6.10. The molecule has 31 heavy (non-hydrogen) atoms. The Kier molecular flexibility index (Phi) is 5.87. The van der Waals surface area contributed by atoms with Crippen molar-refractivity contribution in [2.24, 2.45) is 4.99 Å². The lowest BCUT2D eigenvalue weighted by Gasteiger charge is -2.28. The average Bonchev–Trinajstić information content (AvgIpc) is 3.15. The third-order valence-electron chi connectivity index (χ3n) is 5.72. The fourth-order valence-corrected chi connectivity index (χ4v) is 6.92. The summed E-state index contributed by atoms with van der Waals surface area (Å²) in [5, 5.41) is 3.69. The zero-order valence-electron chi connectivity index (χ0n) is 18.2. The van der Waals surface area contributed by atoms with E-state index in [0.29, 0.717) is 0 Å². The number of amidine groups is 1. The van der Waals surface area contributed by atoms with Crippen molar-refractivity contribution < 1.29 is 13.2 Å². The first-order valence-electron chi connectivity index (χ1n) is 10.3. The summed E-state index contributed by atoms with van der Waals surface area (Å²) >= 11 is 1.36. The second-order valence-corrected chi connectivity index (χ2v) is 11.5. The van der Waals surface area contributed by atoms with Crippen molar-refractivity contribution in [2.75, 3.05) is 27.5 Å². The minimum atomic E-state index is -3.11. The van der Waals surface area contributed by atoms with Gasteiger partial charge in [-0.05, 0) is 56.5 Å². The topological polar surface area (TPSA) is 78.8 Å². The van der Waals surface area contributed by atoms with Gasteiger partial charge >= 0.3 is 0 Å². The summed E-state index contributed by atoms with van der Waals surface area (Å²) in [5.74, 6) is 0.260. The van der Waals surface area contributed by atoms with Crippen LogP contribution in [0.25, 0.3) is 0 Å². The van der Waals surface area contributed by atoms with Crippen LogP contribution in [0.2, 0.25) is 0 Å². The van der Waals surface area contributed by atoms with Crippen LogP contribution < -0.4 is 10.2 Å². The van der Waals surface area contributed by atoms with Gasteiger partial charge in [-0.25, -0.2) is 8.42 Å². The number of nitrogens with zero attached hydrogens (tertiary/aromatic N) is 2. The Morgan fingerprint density at radius 3 is 2.52 bits per heavy atom. The van der Waals surface area contributed by atoms with Crippen molar-refractivity contribution in [1.82, 2.24) is 0 Å². The second-order valence-electron chi connectivity index (χ2n) is 8.44. The second kappa shape index (κ2) is 8.31. The number of sulfone groups is 1. The molecule has 2 unspecified atom stereocenters. The molecule has 2 aromatic carbocycles. The van der Waals surface area contributed by atoms with Crippen molar-refractivity contribution in [3.05, 3.63) is 58.7 Å². The maximum atomic E-state index is 12.6. The van der Waals surface area contributed by atoms with E-state index >= 15 is 0 Å². The molecule has 1 amide bonds. The van der Waals surface area contributed by atoms with E-state index in [1.54, 1.807) is 0 Å². The first kappa shape index (κ1) is 21.9. The molecule has 2 heterocycles. The summed E-state index contributed by atoms with van der Waals surface area (Å²) in [4.78, 5) is 19.4. The maximum absolute atomic E-state index is 12.6. The highest BCUT2D eigenvalue weighted by molar-refractivity contribution is 8.14. The van der Waals surface area contributed by atoms with Gasteiger partial charge in [0.25, 0.3) is 0 Å². The quantitative estimate of drug-likeness (QED) is 0.758. The highest BCUT2D eigenvalue weighted by Crippen LogP contribution is 2.37. The summed E-state index contributed by atoms with van der Waals surface area (Å²) in [6.07, 6.45) is 0. The molecule has 164 valence electrons. The van der Waals surface area contributed by atoms with Crippen molar-refractivity contribution in [1.29, 1.82) is 0 Å². The van der Waals surface area contributed by atoms with E-state index in [-0.39, 0.29) is 35.2 Å². The predicted molar refractivity (Wildman–Crippen MR) is 129 cm³/mol. The SMILES string of the molecule is Cc1ccc(NC(=O)CSC2=NC3CS(=O)(=O)CC3N2c2cc(C)ccc2C)c(C)c1. The number of aryl methyl sites for hydroxylation is 4. The number of nitrogens with one attached hydrogen (secondary N) is 1. The Morgan fingerprint density at radius 2 is 1.77 bits per heavy atom. The summed E-state index contributed by atoms with van der Waals surface area (Å²) < 4.78 is 24.5. The lowest BCUT2D eigenvalue weighted by molar-refractivity contribution is -0.113. The third-order valence-corrected chi connectivity index (χ3v) is 8.39. The molecule has 4 rings (SSSR count). The molecule has 1 saturated heterocycles. The van der Waals surface area contributed by atoms with Gasteiger partial charge < -0.3 is 10.2 Å². The summed E-state index contributed by atoms with van der Waals surface area (Å²) in [7, 11) is -3.11. The number of thioether (sulfide) groups is 1. The van der Waals surface area contributed by atoms with Crippen LogP contribution in [0, 0.1) is 27.7 Å². The number of hydrogen-bond acceptors (Lipinski definition) is 6. The third kappa shape index (κ3) is 4.65. The molecule has 1 N–H and O–H groups in total. The van der Waals surface area contributed by atoms with Crippen LogP contribution in [0.4, 0.5) is 11.4 Å². The van der Waals surface area contributed by atoms with Gasteiger partial charge in [0.05, 0.1) is 29.3 Å². The van der Waals surface area contributed by atoms with Gasteiger partial charge in [-0.3, -0.25) is 9.79 Å². The largest absolute Gasteiger partial charge is 0.325 e. The minimum Gasteiger partial charge on any atom is -0.325 e. The molecular formula is C23H27N3O3S2. The first-order chi connectivity index (χ1) is 14.6. The normalized spacial score (nSPS) is 21.7. The molecule has 8 heteroatoms. The number of benzene rings is 2. The van der Waals surface area contributed by atoms with Gasteiger partial charge in [0.1, 0.15) is 0 Å². The highest BCUT2D eigenvalue weighted by Gasteiger charge is 2.47. The molecule has 0 aliphatic carbocycles. The van der Waals surface area contributed by atoms with Gasteiger partial charge in [0, 0.05) is 11.4 Å². The van der Waals surface area contributed by atoms with E-state index in [2.05, 4.69) is 11.4 Å². The van der Waals surface area contributed by atoms with Gasteiger partial charge in [0.2, 0.25) is 5.91 Å². The van der Waals surface area contributed by atoms with Crippen molar-refractivity contribution in [2.45, 2.75) is 39.8 Å². The van der Waals surface area contributed by atoms with E-state index in [4.69, 9.17) is 4.99 Å². The number of anilines is 2. The number of carbonyl (C=O) groups excluding carboxylic acids is 1. The zero-order valence-corrected chi connectivity index (χ0v) is 19.8. The van der Waals surface area contributed by atoms with E-state index in [9.17, 15) is 13.2 Å². The Balaban J connectivity index is 1.54. The first-order valence-corrected chi connectivity index (χ1v) is 13.1. The lowest BCUT2D eigenvalue weighted by Crippen LogP contribution is -2.40. The van der Waals surface area contributed by atoms with Crippen LogP contribution in [-0.2, 0) is 14.6 Å². The highest BCUT2D eigenvalue weighted by atomic mass is 32.2. The molecule has 0 bridgehead atoms. The van der Waals surface area contributed by atoms with Crippen LogP contribution in [0.1, 0.15) is 22.3 Å². The van der Waals surface area contributed by atoms with Gasteiger partial charge in [-0.1, -0.05) is 41.6 Å². The van der Waals surface area contributed by atoms with E-state index in [0.717, 1.165) is 38.8 Å². The van der Waals surface area contributed by atoms with Crippen LogP contribution in [0.3, 0.4) is 0 Å². The molecule has 2 atom stereocenters. The lowest BCUT2D eigenvalue weighted by atomic mass is 10.1. The molecule has 2 aromatic rings. The number of hydrogen-bond donors (Lipinski definition) is 1. The number of amides is 1. The smallest absolute Gasteiger partial charge is 0.234 e. The van der Waals surface area contributed by atoms with Crippen molar-refractivity contribution in [3.8, 4) is 0 Å². The Hall–Kier alpha value is -2.32. The summed E-state index contributed by atoms with van der Waals surface area (Å²) in [6.45, 7) is 8.02. The molecule has 1 fully saturated rings. The maximum Gasteiger partial charge on any atom is 0.234 e. The van der Waals surface area contributed by atoms with Crippen LogP contribution in [0.15, 0.2) is 41.4 Å². The number of fused-ring (bicyclic) bond motifs is 1. The summed E-state index contributed by atoms with van der Waals surface area (Å²) in [6, 6.07) is 11.6. The standard InChI is InChI=1S/C23H27N3O3S2/c1-14-6-8-18(17(4)9-14)24-22(27)11-30-23-25-19-12-31(28,29)13-21(19)26(23)20-10-15(2)5-7-16(20)3/h5-10,19,21H,11-13H2,1-4H3,(H,24,27). The molecule has 6 nitrogen and oxygen atoms in total. The van der Waals surface area contributed by atoms with Gasteiger partial charge in [-0.15, -0.1) is 0 Å². The molecule has 0 saturated carbocycles. The molecule has 0 aromatic heterocycles. The molecular weight excluding hydrogens is 430 g/mol. The monoisotopic (exact) mass is 457 g/mol. The van der Waals surface area contributed by atoms with E-state index in [1.807, 2.05) is 62.9 Å². The van der Waals surface area contributed by atoms with Crippen molar-refractivity contribution in [3.63, 3.8) is 0 Å². The Labute approximate surface area is 188 Å². The molecule has 0 radical (unpaired) electrons. The van der Waals surface area contributed by atoms with Gasteiger partial charge in [-0.2, -0.15) is 0 Å².